The third kappa shape index (κ3) is 2.25. The molecule has 1 aliphatic carbocycles. The summed E-state index contributed by atoms with van der Waals surface area (Å²) in [6.45, 7) is 4.17. The van der Waals surface area contributed by atoms with Crippen LogP contribution in [-0.2, 0) is 6.42 Å². The minimum absolute atomic E-state index is 0.273. The van der Waals surface area contributed by atoms with Gasteiger partial charge in [0.05, 0.1) is 6.04 Å². The molecule has 1 aliphatic rings. The number of fused-ring (bicyclic) bond motifs is 1. The van der Waals surface area contributed by atoms with Gasteiger partial charge in [0.15, 0.2) is 0 Å². The third-order valence-electron chi connectivity index (χ3n) is 3.69. The van der Waals surface area contributed by atoms with Gasteiger partial charge < -0.3 is 9.73 Å². The average molecular weight is 261 g/mol. The lowest BCUT2D eigenvalue weighted by Crippen LogP contribution is -2.26. The highest BCUT2D eigenvalue weighted by molar-refractivity contribution is 7.10. The standard InChI is InChI=1S/C15H19NOS/c1-10-6-7-14(17-10)11(2)16-13-4-3-5-15-12(13)8-9-18-15/h6-9,11,13,16H,3-5H2,1-2H3. The topological polar surface area (TPSA) is 25.2 Å². The Balaban J connectivity index is 1.74. The Hall–Kier alpha value is -1.06. The van der Waals surface area contributed by atoms with Gasteiger partial charge in [0.2, 0.25) is 0 Å². The number of hydrogen-bond donors (Lipinski definition) is 1. The summed E-state index contributed by atoms with van der Waals surface area (Å²) >= 11 is 1.89. The fourth-order valence-electron chi connectivity index (χ4n) is 2.73. The molecule has 18 heavy (non-hydrogen) atoms. The number of aryl methyl sites for hydroxylation is 2. The molecule has 2 heterocycles. The minimum Gasteiger partial charge on any atom is -0.465 e. The highest BCUT2D eigenvalue weighted by atomic mass is 32.1. The van der Waals surface area contributed by atoms with E-state index in [0.717, 1.165) is 11.5 Å². The van der Waals surface area contributed by atoms with Crippen molar-refractivity contribution in [3.8, 4) is 0 Å². The van der Waals surface area contributed by atoms with E-state index < -0.39 is 0 Å². The third-order valence-corrected chi connectivity index (χ3v) is 4.69. The molecule has 0 amide bonds. The quantitative estimate of drug-likeness (QED) is 0.887. The van der Waals surface area contributed by atoms with Crippen molar-refractivity contribution in [2.75, 3.05) is 0 Å². The summed E-state index contributed by atoms with van der Waals surface area (Å²) in [6, 6.07) is 7.14. The smallest absolute Gasteiger partial charge is 0.120 e. The monoisotopic (exact) mass is 261 g/mol. The molecular formula is C15H19NOS. The van der Waals surface area contributed by atoms with Crippen LogP contribution in [0.3, 0.4) is 0 Å². The van der Waals surface area contributed by atoms with Crippen molar-refractivity contribution in [2.24, 2.45) is 0 Å². The van der Waals surface area contributed by atoms with Crippen LogP contribution in [0.4, 0.5) is 0 Å². The zero-order valence-corrected chi connectivity index (χ0v) is 11.7. The number of rotatable bonds is 3. The van der Waals surface area contributed by atoms with Crippen molar-refractivity contribution < 1.29 is 4.42 Å². The molecule has 0 bridgehead atoms. The predicted molar refractivity (Wildman–Crippen MR) is 75.0 cm³/mol. The second-order valence-electron chi connectivity index (χ2n) is 5.08. The molecule has 0 saturated heterocycles. The van der Waals surface area contributed by atoms with E-state index in [0.29, 0.717) is 6.04 Å². The second-order valence-corrected chi connectivity index (χ2v) is 6.08. The molecule has 0 fully saturated rings. The van der Waals surface area contributed by atoms with E-state index in [1.807, 2.05) is 24.3 Å². The maximum atomic E-state index is 5.70. The Bertz CT molecular complexity index is 528. The molecule has 2 nitrogen and oxygen atoms in total. The van der Waals surface area contributed by atoms with Gasteiger partial charge in [-0.1, -0.05) is 0 Å². The normalized spacial score (nSPS) is 20.7. The van der Waals surface area contributed by atoms with E-state index in [1.54, 1.807) is 4.88 Å². The average Bonchev–Trinajstić information content (AvgIpc) is 2.97. The van der Waals surface area contributed by atoms with E-state index in [1.165, 1.54) is 24.8 Å². The molecule has 0 aliphatic heterocycles. The molecule has 3 rings (SSSR count). The lowest BCUT2D eigenvalue weighted by Gasteiger charge is -2.26. The van der Waals surface area contributed by atoms with Crippen LogP contribution in [0, 0.1) is 6.92 Å². The Morgan fingerprint density at radius 1 is 1.39 bits per heavy atom. The van der Waals surface area contributed by atoms with Crippen molar-refractivity contribution in [3.63, 3.8) is 0 Å². The summed E-state index contributed by atoms with van der Waals surface area (Å²) in [5.41, 5.74) is 1.50. The van der Waals surface area contributed by atoms with E-state index in [2.05, 4.69) is 29.8 Å². The van der Waals surface area contributed by atoms with Gasteiger partial charge >= 0.3 is 0 Å². The highest BCUT2D eigenvalue weighted by Gasteiger charge is 2.23. The summed E-state index contributed by atoms with van der Waals surface area (Å²) < 4.78 is 5.70. The van der Waals surface area contributed by atoms with Crippen LogP contribution in [-0.4, -0.2) is 0 Å². The van der Waals surface area contributed by atoms with Crippen molar-refractivity contribution in [2.45, 2.75) is 45.2 Å². The van der Waals surface area contributed by atoms with Crippen molar-refractivity contribution in [1.82, 2.24) is 5.32 Å². The van der Waals surface area contributed by atoms with Gasteiger partial charge in [-0.2, -0.15) is 0 Å². The van der Waals surface area contributed by atoms with E-state index >= 15 is 0 Å². The number of thiophene rings is 1. The first-order valence-electron chi connectivity index (χ1n) is 6.62. The molecule has 2 aromatic rings. The Morgan fingerprint density at radius 3 is 3.06 bits per heavy atom. The van der Waals surface area contributed by atoms with Crippen LogP contribution in [0.5, 0.6) is 0 Å². The van der Waals surface area contributed by atoms with Gasteiger partial charge in [0.1, 0.15) is 11.5 Å². The summed E-state index contributed by atoms with van der Waals surface area (Å²) in [6.07, 6.45) is 3.77. The molecule has 0 saturated carbocycles. The fraction of sp³-hybridized carbons (Fsp3) is 0.467. The van der Waals surface area contributed by atoms with Crippen LogP contribution in [0.1, 0.15) is 53.8 Å². The van der Waals surface area contributed by atoms with Crippen LogP contribution in [0.25, 0.3) is 0 Å². The lowest BCUT2D eigenvalue weighted by molar-refractivity contribution is 0.363. The second kappa shape index (κ2) is 4.90. The molecule has 1 N–H and O–H groups in total. The Labute approximate surface area is 112 Å². The van der Waals surface area contributed by atoms with Crippen LogP contribution < -0.4 is 5.32 Å². The number of furan rings is 1. The maximum Gasteiger partial charge on any atom is 0.120 e. The fourth-order valence-corrected chi connectivity index (χ4v) is 3.72. The van der Waals surface area contributed by atoms with Crippen LogP contribution in [0.2, 0.25) is 0 Å². The first-order chi connectivity index (χ1) is 8.74. The maximum absolute atomic E-state index is 5.70. The minimum atomic E-state index is 0.273. The van der Waals surface area contributed by atoms with Crippen molar-refractivity contribution in [3.05, 3.63) is 45.5 Å². The SMILES string of the molecule is Cc1ccc(C(C)NC2CCCc3sccc32)o1. The van der Waals surface area contributed by atoms with Crippen molar-refractivity contribution >= 4 is 11.3 Å². The van der Waals surface area contributed by atoms with Gasteiger partial charge in [-0.3, -0.25) is 0 Å². The zero-order chi connectivity index (χ0) is 12.5. The van der Waals surface area contributed by atoms with Crippen LogP contribution in [0.15, 0.2) is 28.0 Å². The summed E-state index contributed by atoms with van der Waals surface area (Å²) in [5, 5.41) is 5.92. The van der Waals surface area contributed by atoms with E-state index in [9.17, 15) is 0 Å². The Morgan fingerprint density at radius 2 is 2.28 bits per heavy atom. The first kappa shape index (κ1) is 12.0. The predicted octanol–water partition coefficient (Wildman–Crippen LogP) is 4.38. The molecule has 2 unspecified atom stereocenters. The highest BCUT2D eigenvalue weighted by Crippen LogP contribution is 2.34. The largest absolute Gasteiger partial charge is 0.465 e. The molecule has 3 heteroatoms. The molecule has 2 atom stereocenters. The molecule has 96 valence electrons. The van der Waals surface area contributed by atoms with E-state index in [-0.39, 0.29) is 6.04 Å². The first-order valence-corrected chi connectivity index (χ1v) is 7.50. The van der Waals surface area contributed by atoms with Gasteiger partial charge in [-0.15, -0.1) is 11.3 Å². The van der Waals surface area contributed by atoms with Gasteiger partial charge in [-0.05, 0) is 62.3 Å². The lowest BCUT2D eigenvalue weighted by atomic mass is 9.93. The zero-order valence-electron chi connectivity index (χ0n) is 10.9. The van der Waals surface area contributed by atoms with Crippen LogP contribution >= 0.6 is 11.3 Å². The molecule has 2 aromatic heterocycles. The molecule has 0 aromatic carbocycles. The van der Waals surface area contributed by atoms with Gasteiger partial charge in [0.25, 0.3) is 0 Å². The molecular weight excluding hydrogens is 242 g/mol. The summed E-state index contributed by atoms with van der Waals surface area (Å²) in [5.74, 6) is 2.02. The van der Waals surface area contributed by atoms with Crippen molar-refractivity contribution in [1.29, 1.82) is 0 Å². The summed E-state index contributed by atoms with van der Waals surface area (Å²) in [4.78, 5) is 1.56. The van der Waals surface area contributed by atoms with Gasteiger partial charge in [0, 0.05) is 10.9 Å². The molecule has 0 spiro atoms. The van der Waals surface area contributed by atoms with E-state index in [4.69, 9.17) is 4.42 Å². The summed E-state index contributed by atoms with van der Waals surface area (Å²) in [7, 11) is 0. The Kier molecular flexibility index (Phi) is 3.27. The molecule has 0 radical (unpaired) electrons. The van der Waals surface area contributed by atoms with Gasteiger partial charge in [-0.25, -0.2) is 0 Å². The number of hydrogen-bond acceptors (Lipinski definition) is 3. The number of nitrogens with one attached hydrogen (secondary N) is 1.